The summed E-state index contributed by atoms with van der Waals surface area (Å²) in [5.74, 6) is -0.525. The molecule has 1 atom stereocenters. The third-order valence-corrected chi connectivity index (χ3v) is 2.63. The molecule has 3 nitrogen and oxygen atoms in total. The summed E-state index contributed by atoms with van der Waals surface area (Å²) in [6.07, 6.45) is 0.885. The maximum absolute atomic E-state index is 11.8. The van der Waals surface area contributed by atoms with Crippen molar-refractivity contribution in [2.75, 3.05) is 0 Å². The molecule has 0 aromatic heterocycles. The fourth-order valence-electron chi connectivity index (χ4n) is 1.45. The van der Waals surface area contributed by atoms with E-state index in [1.807, 2.05) is 25.1 Å². The summed E-state index contributed by atoms with van der Waals surface area (Å²) < 4.78 is 0. The zero-order valence-electron chi connectivity index (χ0n) is 9.69. The van der Waals surface area contributed by atoms with Gasteiger partial charge < -0.3 is 5.73 Å². The minimum absolute atomic E-state index is 0.0665. The number of hydrogen-bond donors (Lipinski definition) is 1. The molecule has 0 saturated heterocycles. The second kappa shape index (κ2) is 5.45. The maximum atomic E-state index is 11.8. The van der Waals surface area contributed by atoms with E-state index < -0.39 is 0 Å². The summed E-state index contributed by atoms with van der Waals surface area (Å²) in [5, 5.41) is 0. The molecule has 1 rings (SSSR count). The molecule has 2 N–H and O–H groups in total. The molecule has 1 aromatic rings. The molecular formula is C13H17NO2. The number of hydrogen-bond acceptors (Lipinski definition) is 2. The molecule has 3 heteroatoms. The van der Waals surface area contributed by atoms with Crippen LogP contribution in [0.3, 0.4) is 0 Å². The standard InChI is InChI=1S/C13H17NO2/c1-9-4-3-5-11(8-9)12(15)7-6-10(2)13(14)16/h3-5,8,10H,6-7H2,1-2H3,(H2,14,16). The number of amides is 1. The molecule has 0 spiro atoms. The lowest BCUT2D eigenvalue weighted by Crippen LogP contribution is -2.21. The smallest absolute Gasteiger partial charge is 0.220 e. The molecule has 16 heavy (non-hydrogen) atoms. The average Bonchev–Trinajstić information content (AvgIpc) is 2.25. The fourth-order valence-corrected chi connectivity index (χ4v) is 1.45. The van der Waals surface area contributed by atoms with Gasteiger partial charge in [-0.05, 0) is 19.4 Å². The van der Waals surface area contributed by atoms with Gasteiger partial charge >= 0.3 is 0 Å². The minimum Gasteiger partial charge on any atom is -0.369 e. The highest BCUT2D eigenvalue weighted by atomic mass is 16.1. The van der Waals surface area contributed by atoms with Crippen LogP contribution in [0.15, 0.2) is 24.3 Å². The molecule has 0 saturated carbocycles. The molecule has 0 aliphatic rings. The van der Waals surface area contributed by atoms with E-state index in [0.29, 0.717) is 18.4 Å². The Balaban J connectivity index is 2.56. The van der Waals surface area contributed by atoms with Crippen LogP contribution in [-0.2, 0) is 4.79 Å². The second-order valence-electron chi connectivity index (χ2n) is 4.13. The first kappa shape index (κ1) is 12.4. The van der Waals surface area contributed by atoms with Crippen molar-refractivity contribution in [3.63, 3.8) is 0 Å². The summed E-state index contributed by atoms with van der Waals surface area (Å²) in [7, 11) is 0. The third kappa shape index (κ3) is 3.50. The first-order chi connectivity index (χ1) is 7.50. The van der Waals surface area contributed by atoms with Crippen LogP contribution >= 0.6 is 0 Å². The number of Topliss-reactive ketones (excluding diaryl/α,β-unsaturated/α-hetero) is 1. The summed E-state index contributed by atoms with van der Waals surface area (Å²) in [6.45, 7) is 3.69. The third-order valence-electron chi connectivity index (χ3n) is 2.63. The van der Waals surface area contributed by atoms with E-state index in [1.54, 1.807) is 13.0 Å². The Morgan fingerprint density at radius 3 is 2.62 bits per heavy atom. The zero-order chi connectivity index (χ0) is 12.1. The van der Waals surface area contributed by atoms with Crippen molar-refractivity contribution < 1.29 is 9.59 Å². The molecule has 86 valence electrons. The first-order valence-electron chi connectivity index (χ1n) is 5.40. The Hall–Kier alpha value is -1.64. The van der Waals surface area contributed by atoms with Crippen LogP contribution in [0.5, 0.6) is 0 Å². The summed E-state index contributed by atoms with van der Waals surface area (Å²) in [6, 6.07) is 7.46. The minimum atomic E-state index is -0.350. The van der Waals surface area contributed by atoms with Crippen LogP contribution in [0.4, 0.5) is 0 Å². The summed E-state index contributed by atoms with van der Waals surface area (Å²) in [4.78, 5) is 22.6. The quantitative estimate of drug-likeness (QED) is 0.771. The van der Waals surface area contributed by atoms with E-state index in [9.17, 15) is 9.59 Å². The molecular weight excluding hydrogens is 202 g/mol. The molecule has 1 aromatic carbocycles. The zero-order valence-corrected chi connectivity index (χ0v) is 9.69. The molecule has 0 bridgehead atoms. The monoisotopic (exact) mass is 219 g/mol. The number of benzene rings is 1. The molecule has 0 aliphatic heterocycles. The van der Waals surface area contributed by atoms with E-state index in [1.165, 1.54) is 0 Å². The van der Waals surface area contributed by atoms with Crippen molar-refractivity contribution in [2.45, 2.75) is 26.7 Å². The number of aryl methyl sites for hydroxylation is 1. The van der Waals surface area contributed by atoms with Gasteiger partial charge in [0.05, 0.1) is 0 Å². The Bertz CT molecular complexity index is 399. The van der Waals surface area contributed by atoms with Gasteiger partial charge in [0, 0.05) is 17.9 Å². The topological polar surface area (TPSA) is 60.2 Å². The lowest BCUT2D eigenvalue weighted by molar-refractivity contribution is -0.121. The van der Waals surface area contributed by atoms with Gasteiger partial charge in [-0.25, -0.2) is 0 Å². The average molecular weight is 219 g/mol. The van der Waals surface area contributed by atoms with Gasteiger partial charge in [0.25, 0.3) is 0 Å². The lowest BCUT2D eigenvalue weighted by atomic mass is 9.99. The molecule has 0 radical (unpaired) electrons. The molecule has 0 fully saturated rings. The van der Waals surface area contributed by atoms with Gasteiger partial charge in [-0.2, -0.15) is 0 Å². The predicted octanol–water partition coefficient (Wildman–Crippen LogP) is 2.08. The van der Waals surface area contributed by atoms with Gasteiger partial charge in [-0.15, -0.1) is 0 Å². The Kier molecular flexibility index (Phi) is 4.23. The van der Waals surface area contributed by atoms with Crippen molar-refractivity contribution in [1.29, 1.82) is 0 Å². The second-order valence-corrected chi connectivity index (χ2v) is 4.13. The Morgan fingerprint density at radius 2 is 2.06 bits per heavy atom. The van der Waals surface area contributed by atoms with Gasteiger partial charge in [0.1, 0.15) is 0 Å². The van der Waals surface area contributed by atoms with Gasteiger partial charge in [0.15, 0.2) is 5.78 Å². The Labute approximate surface area is 95.6 Å². The maximum Gasteiger partial charge on any atom is 0.220 e. The highest BCUT2D eigenvalue weighted by molar-refractivity contribution is 5.96. The van der Waals surface area contributed by atoms with E-state index in [0.717, 1.165) is 5.56 Å². The SMILES string of the molecule is Cc1cccc(C(=O)CCC(C)C(N)=O)c1. The van der Waals surface area contributed by atoms with Crippen molar-refractivity contribution >= 4 is 11.7 Å². The van der Waals surface area contributed by atoms with E-state index in [4.69, 9.17) is 5.73 Å². The van der Waals surface area contributed by atoms with Crippen LogP contribution in [0.1, 0.15) is 35.7 Å². The lowest BCUT2D eigenvalue weighted by Gasteiger charge is -2.06. The first-order valence-corrected chi connectivity index (χ1v) is 5.40. The van der Waals surface area contributed by atoms with Gasteiger partial charge in [0.2, 0.25) is 5.91 Å². The van der Waals surface area contributed by atoms with E-state index in [-0.39, 0.29) is 17.6 Å². The normalized spacial score (nSPS) is 12.1. The number of primary amides is 1. The number of ketones is 1. The number of carbonyl (C=O) groups excluding carboxylic acids is 2. The van der Waals surface area contributed by atoms with Crippen LogP contribution in [0, 0.1) is 12.8 Å². The fraction of sp³-hybridized carbons (Fsp3) is 0.385. The summed E-state index contributed by atoms with van der Waals surface area (Å²) in [5.41, 5.74) is 6.90. The predicted molar refractivity (Wildman–Crippen MR) is 63.1 cm³/mol. The summed E-state index contributed by atoms with van der Waals surface area (Å²) >= 11 is 0. The Morgan fingerprint density at radius 1 is 1.38 bits per heavy atom. The van der Waals surface area contributed by atoms with Crippen molar-refractivity contribution in [3.05, 3.63) is 35.4 Å². The molecule has 1 unspecified atom stereocenters. The molecule has 0 aliphatic carbocycles. The number of rotatable bonds is 5. The van der Waals surface area contributed by atoms with Crippen LogP contribution < -0.4 is 5.73 Å². The number of nitrogens with two attached hydrogens (primary N) is 1. The number of carbonyl (C=O) groups is 2. The van der Waals surface area contributed by atoms with E-state index >= 15 is 0 Å². The highest BCUT2D eigenvalue weighted by Gasteiger charge is 2.12. The van der Waals surface area contributed by atoms with Crippen molar-refractivity contribution in [3.8, 4) is 0 Å². The van der Waals surface area contributed by atoms with Gasteiger partial charge in [-0.3, -0.25) is 9.59 Å². The van der Waals surface area contributed by atoms with Crippen LogP contribution in [-0.4, -0.2) is 11.7 Å². The van der Waals surface area contributed by atoms with E-state index in [2.05, 4.69) is 0 Å². The molecule has 0 heterocycles. The highest BCUT2D eigenvalue weighted by Crippen LogP contribution is 2.11. The largest absolute Gasteiger partial charge is 0.369 e. The molecule has 1 amide bonds. The van der Waals surface area contributed by atoms with Crippen LogP contribution in [0.25, 0.3) is 0 Å². The van der Waals surface area contributed by atoms with Gasteiger partial charge in [-0.1, -0.05) is 30.7 Å². The van der Waals surface area contributed by atoms with Crippen molar-refractivity contribution in [2.24, 2.45) is 11.7 Å². The van der Waals surface area contributed by atoms with Crippen LogP contribution in [0.2, 0.25) is 0 Å². The van der Waals surface area contributed by atoms with Crippen molar-refractivity contribution in [1.82, 2.24) is 0 Å².